The summed E-state index contributed by atoms with van der Waals surface area (Å²) in [5.41, 5.74) is 7.44. The molecule has 36 heavy (non-hydrogen) atoms. The van der Waals surface area contributed by atoms with Gasteiger partial charge in [0.25, 0.3) is 5.56 Å². The van der Waals surface area contributed by atoms with Crippen molar-refractivity contribution in [2.45, 2.75) is 37.8 Å². The first kappa shape index (κ1) is 23.7. The third-order valence-corrected chi connectivity index (χ3v) is 7.34. The first-order valence-corrected chi connectivity index (χ1v) is 13.0. The second-order valence-corrected chi connectivity index (χ2v) is 10.2. The molecular formula is C24H25N7O4S. The van der Waals surface area contributed by atoms with Crippen LogP contribution in [0.2, 0.25) is 0 Å². The lowest BCUT2D eigenvalue weighted by Gasteiger charge is -2.29. The molecule has 0 aliphatic heterocycles. The highest BCUT2D eigenvalue weighted by molar-refractivity contribution is 7.92. The number of aromatic amines is 1. The number of fused-ring (bicyclic) bond motifs is 1. The van der Waals surface area contributed by atoms with Gasteiger partial charge in [-0.05, 0) is 56.0 Å². The zero-order chi connectivity index (χ0) is 25.3. The van der Waals surface area contributed by atoms with Crippen LogP contribution in [-0.2, 0) is 10.0 Å². The van der Waals surface area contributed by atoms with Gasteiger partial charge in [-0.25, -0.2) is 23.2 Å². The molecule has 1 saturated carbocycles. The number of ether oxygens (including phenoxy) is 1. The molecular weight excluding hydrogens is 482 g/mol. The number of aromatic nitrogens is 5. The van der Waals surface area contributed by atoms with Crippen molar-refractivity contribution >= 4 is 26.7 Å². The Morgan fingerprint density at radius 2 is 1.89 bits per heavy atom. The van der Waals surface area contributed by atoms with Crippen LogP contribution >= 0.6 is 0 Å². The second-order valence-electron chi connectivity index (χ2n) is 8.58. The zero-order valence-electron chi connectivity index (χ0n) is 19.3. The Morgan fingerprint density at radius 3 is 2.56 bits per heavy atom. The monoisotopic (exact) mass is 507 g/mol. The molecule has 4 aromatic rings. The number of nitrogens with one attached hydrogen (secondary N) is 2. The zero-order valence-corrected chi connectivity index (χ0v) is 20.1. The first-order chi connectivity index (χ1) is 17.3. The van der Waals surface area contributed by atoms with Gasteiger partial charge in [-0.3, -0.25) is 9.48 Å². The third kappa shape index (κ3) is 4.72. The molecule has 3 aromatic heterocycles. The van der Waals surface area contributed by atoms with Gasteiger partial charge in [0.1, 0.15) is 17.0 Å². The molecule has 3 heterocycles. The standard InChI is InChI=1S/C24H25N7O4S/c1-2-36(33,34)30-16-8-10-17(11-9-16)31-22-20(23(25)27-28-24(22)32)21(29-31)15-6-12-18(13-7-15)35-19-5-3-4-14-26-19/h2-7,12-14,16-17,30H,1,8-11H2,(H2,25,27)(H,28,32). The van der Waals surface area contributed by atoms with Crippen LogP contribution < -0.4 is 20.8 Å². The van der Waals surface area contributed by atoms with Crippen LogP contribution in [0.3, 0.4) is 0 Å². The van der Waals surface area contributed by atoms with Crippen LogP contribution in [0, 0.1) is 0 Å². The minimum Gasteiger partial charge on any atom is -0.439 e. The van der Waals surface area contributed by atoms with Crippen molar-refractivity contribution < 1.29 is 13.2 Å². The van der Waals surface area contributed by atoms with E-state index in [4.69, 9.17) is 15.6 Å². The van der Waals surface area contributed by atoms with Crippen LogP contribution in [0.5, 0.6) is 11.6 Å². The number of nitrogens with zero attached hydrogens (tertiary/aromatic N) is 4. The van der Waals surface area contributed by atoms with E-state index < -0.39 is 10.0 Å². The predicted octanol–water partition coefficient (Wildman–Crippen LogP) is 3.10. The third-order valence-electron chi connectivity index (χ3n) is 6.24. The van der Waals surface area contributed by atoms with Crippen LogP contribution in [-0.4, -0.2) is 39.4 Å². The number of sulfonamides is 1. The Morgan fingerprint density at radius 1 is 1.14 bits per heavy atom. The summed E-state index contributed by atoms with van der Waals surface area (Å²) in [6.45, 7) is 3.34. The highest BCUT2D eigenvalue weighted by Gasteiger charge is 2.29. The highest BCUT2D eigenvalue weighted by Crippen LogP contribution is 2.36. The summed E-state index contributed by atoms with van der Waals surface area (Å²) in [7, 11) is -3.51. The molecule has 0 bridgehead atoms. The van der Waals surface area contributed by atoms with Crippen LogP contribution in [0.4, 0.5) is 5.82 Å². The molecule has 12 heteroatoms. The van der Waals surface area contributed by atoms with Crippen LogP contribution in [0.15, 0.2) is 65.4 Å². The minimum atomic E-state index is -3.51. The second kappa shape index (κ2) is 9.55. The van der Waals surface area contributed by atoms with Gasteiger partial charge in [0.2, 0.25) is 15.9 Å². The molecule has 186 valence electrons. The quantitative estimate of drug-likeness (QED) is 0.344. The smallest absolute Gasteiger partial charge is 0.290 e. The molecule has 11 nitrogen and oxygen atoms in total. The summed E-state index contributed by atoms with van der Waals surface area (Å²) < 4.78 is 33.8. The summed E-state index contributed by atoms with van der Waals surface area (Å²) in [4.78, 5) is 17.0. The normalized spacial score (nSPS) is 18.2. The molecule has 1 aromatic carbocycles. The van der Waals surface area contributed by atoms with Crippen molar-refractivity contribution in [1.29, 1.82) is 0 Å². The van der Waals surface area contributed by atoms with Crippen molar-refractivity contribution in [2.75, 3.05) is 5.73 Å². The Hall–Kier alpha value is -4.03. The molecule has 0 atom stereocenters. The molecule has 0 unspecified atom stereocenters. The fraction of sp³-hybridized carbons (Fsp3) is 0.250. The molecule has 1 aliphatic rings. The largest absolute Gasteiger partial charge is 0.439 e. The summed E-state index contributed by atoms with van der Waals surface area (Å²) in [6, 6.07) is 12.4. The maximum Gasteiger partial charge on any atom is 0.290 e. The number of benzene rings is 1. The van der Waals surface area contributed by atoms with Gasteiger partial charge in [0.05, 0.1) is 11.4 Å². The van der Waals surface area contributed by atoms with Gasteiger partial charge < -0.3 is 10.5 Å². The van der Waals surface area contributed by atoms with Gasteiger partial charge in [-0.2, -0.15) is 10.2 Å². The predicted molar refractivity (Wildman–Crippen MR) is 136 cm³/mol. The Labute approximate surface area is 207 Å². The molecule has 1 aliphatic carbocycles. The molecule has 1 fully saturated rings. The fourth-order valence-electron chi connectivity index (χ4n) is 4.51. The minimum absolute atomic E-state index is 0.0969. The van der Waals surface area contributed by atoms with Crippen molar-refractivity contribution in [1.82, 2.24) is 29.7 Å². The molecule has 4 N–H and O–H groups in total. The summed E-state index contributed by atoms with van der Waals surface area (Å²) in [5, 5.41) is 12.6. The molecule has 5 rings (SSSR count). The van der Waals surface area contributed by atoms with E-state index in [1.54, 1.807) is 29.1 Å². The molecule has 0 amide bonds. The van der Waals surface area contributed by atoms with E-state index in [0.29, 0.717) is 53.9 Å². The number of pyridine rings is 1. The van der Waals surface area contributed by atoms with Crippen LogP contribution in [0.25, 0.3) is 22.2 Å². The number of rotatable bonds is 7. The lowest BCUT2D eigenvalue weighted by molar-refractivity contribution is 0.300. The summed E-state index contributed by atoms with van der Waals surface area (Å²) in [6.07, 6.45) is 4.13. The number of nitrogen functional groups attached to an aromatic ring is 1. The van der Waals surface area contributed by atoms with E-state index in [1.807, 2.05) is 24.3 Å². The van der Waals surface area contributed by atoms with E-state index in [1.165, 1.54) is 0 Å². The Balaban J connectivity index is 1.46. The van der Waals surface area contributed by atoms with E-state index in [9.17, 15) is 13.2 Å². The molecule has 0 radical (unpaired) electrons. The van der Waals surface area contributed by atoms with E-state index >= 15 is 0 Å². The van der Waals surface area contributed by atoms with Crippen LogP contribution in [0.1, 0.15) is 31.7 Å². The maximum absolute atomic E-state index is 12.8. The fourth-order valence-corrected chi connectivity index (χ4v) is 5.31. The van der Waals surface area contributed by atoms with Crippen molar-refractivity contribution in [3.63, 3.8) is 0 Å². The lowest BCUT2D eigenvalue weighted by atomic mass is 9.92. The SMILES string of the molecule is C=CS(=O)(=O)NC1CCC(n2nc(-c3ccc(Oc4ccccn4)cc3)c3c(N)n[nH]c(=O)c32)CC1. The van der Waals surface area contributed by atoms with Gasteiger partial charge in [-0.15, -0.1) is 0 Å². The van der Waals surface area contributed by atoms with E-state index in [0.717, 1.165) is 11.0 Å². The number of nitrogens with two attached hydrogens (primary N) is 1. The lowest BCUT2D eigenvalue weighted by Crippen LogP contribution is -2.37. The Kier molecular flexibility index (Phi) is 6.29. The topological polar surface area (TPSA) is 158 Å². The number of hydrogen-bond acceptors (Lipinski definition) is 8. The average molecular weight is 508 g/mol. The summed E-state index contributed by atoms with van der Waals surface area (Å²) >= 11 is 0. The Bertz CT molecular complexity index is 1560. The number of hydrogen-bond donors (Lipinski definition) is 3. The van der Waals surface area contributed by atoms with E-state index in [-0.39, 0.29) is 23.5 Å². The maximum atomic E-state index is 12.8. The van der Waals surface area contributed by atoms with Crippen molar-refractivity contribution in [2.24, 2.45) is 0 Å². The van der Waals surface area contributed by atoms with Gasteiger partial charge >= 0.3 is 0 Å². The van der Waals surface area contributed by atoms with Crippen molar-refractivity contribution in [3.8, 4) is 22.9 Å². The molecule has 0 spiro atoms. The van der Waals surface area contributed by atoms with Gasteiger partial charge in [0, 0.05) is 29.3 Å². The first-order valence-electron chi connectivity index (χ1n) is 11.4. The highest BCUT2D eigenvalue weighted by atomic mass is 32.2. The number of H-pyrrole nitrogens is 1. The summed E-state index contributed by atoms with van der Waals surface area (Å²) in [5.74, 6) is 1.25. The van der Waals surface area contributed by atoms with Crippen molar-refractivity contribution in [3.05, 3.63) is 71.0 Å². The average Bonchev–Trinajstić information content (AvgIpc) is 3.30. The number of anilines is 1. The van der Waals surface area contributed by atoms with Gasteiger partial charge in [0.15, 0.2) is 5.82 Å². The van der Waals surface area contributed by atoms with Gasteiger partial charge in [-0.1, -0.05) is 12.6 Å². The van der Waals surface area contributed by atoms with E-state index in [2.05, 4.69) is 26.5 Å². The molecule has 0 saturated heterocycles.